The minimum Gasteiger partial charge on any atom is -0.461 e. The van der Waals surface area contributed by atoms with Gasteiger partial charge in [-0.3, -0.25) is 19.2 Å². The third-order valence-electron chi connectivity index (χ3n) is 9.23. The maximum Gasteiger partial charge on any atom is 0.308 e. The maximum absolute atomic E-state index is 13.3. The Morgan fingerprint density at radius 3 is 2.33 bits per heavy atom. The number of ether oxygens (including phenoxy) is 2. The highest BCUT2D eigenvalue weighted by atomic mass is 35.5. The number of amides is 2. The van der Waals surface area contributed by atoms with E-state index in [-0.39, 0.29) is 60.7 Å². The van der Waals surface area contributed by atoms with Crippen LogP contribution in [0.25, 0.3) is 0 Å². The fourth-order valence-electron chi connectivity index (χ4n) is 5.68. The maximum atomic E-state index is 13.3. The third-order valence-corrected chi connectivity index (χ3v) is 9.54. The normalized spacial score (nSPS) is 18.3. The van der Waals surface area contributed by atoms with E-state index >= 15 is 0 Å². The molecule has 1 aliphatic rings. The van der Waals surface area contributed by atoms with Crippen molar-refractivity contribution >= 4 is 40.9 Å². The summed E-state index contributed by atoms with van der Waals surface area (Å²) in [4.78, 5) is 51.4. The molecular weight excluding hydrogens is 642 g/mol. The van der Waals surface area contributed by atoms with Gasteiger partial charge in [-0.1, -0.05) is 95.6 Å². The van der Waals surface area contributed by atoms with Crippen LogP contribution in [0.4, 0.5) is 5.69 Å². The van der Waals surface area contributed by atoms with Gasteiger partial charge in [-0.25, -0.2) is 0 Å². The van der Waals surface area contributed by atoms with E-state index in [2.05, 4.69) is 29.8 Å². The van der Waals surface area contributed by atoms with Crippen molar-refractivity contribution in [2.45, 2.75) is 86.0 Å². The van der Waals surface area contributed by atoms with Gasteiger partial charge in [0.25, 0.3) is 0 Å². The minimum atomic E-state index is -0.722. The summed E-state index contributed by atoms with van der Waals surface area (Å²) >= 11 is 6.40. The Bertz CT molecular complexity index is 1460. The number of carbonyl (C=O) groups excluding carboxylic acids is 4. The molecule has 1 fully saturated rings. The van der Waals surface area contributed by atoms with Crippen molar-refractivity contribution < 1.29 is 28.7 Å². The summed E-state index contributed by atoms with van der Waals surface area (Å²) in [6.07, 6.45) is 3.84. The van der Waals surface area contributed by atoms with Crippen molar-refractivity contribution in [3.05, 3.63) is 76.8 Å². The largest absolute Gasteiger partial charge is 0.461 e. The second-order valence-corrected chi connectivity index (χ2v) is 14.7. The first-order valence-electron chi connectivity index (χ1n) is 17.2. The number of ketones is 1. The molecule has 6 atom stereocenters. The van der Waals surface area contributed by atoms with Crippen LogP contribution in [-0.4, -0.2) is 55.9 Å². The molecule has 0 saturated carbocycles. The number of nitrogens with one attached hydrogen (secondary N) is 3. The molecule has 2 amide bonds. The number of hydrogen-bond acceptors (Lipinski definition) is 7. The van der Waals surface area contributed by atoms with Gasteiger partial charge < -0.3 is 25.4 Å². The summed E-state index contributed by atoms with van der Waals surface area (Å²) in [5, 5.41) is 9.30. The number of epoxide rings is 1. The highest BCUT2D eigenvalue weighted by molar-refractivity contribution is 6.33. The molecule has 1 heterocycles. The molecule has 0 spiro atoms. The van der Waals surface area contributed by atoms with Gasteiger partial charge >= 0.3 is 5.97 Å². The fourth-order valence-corrected chi connectivity index (χ4v) is 5.98. The van der Waals surface area contributed by atoms with E-state index in [0.717, 1.165) is 23.2 Å². The molecule has 0 aromatic heterocycles. The number of esters is 1. The van der Waals surface area contributed by atoms with Gasteiger partial charge in [-0.15, -0.1) is 0 Å². The molecule has 10 heteroatoms. The second-order valence-electron chi connectivity index (χ2n) is 14.3. The van der Waals surface area contributed by atoms with Crippen molar-refractivity contribution in [2.75, 3.05) is 25.5 Å². The lowest BCUT2D eigenvalue weighted by Crippen LogP contribution is -2.44. The van der Waals surface area contributed by atoms with E-state index in [1.54, 1.807) is 33.0 Å². The molecule has 268 valence electrons. The zero-order chi connectivity index (χ0) is 36.3. The van der Waals surface area contributed by atoms with Crippen LogP contribution >= 0.6 is 11.6 Å². The van der Waals surface area contributed by atoms with E-state index in [0.29, 0.717) is 23.8 Å². The number of anilines is 1. The highest BCUT2D eigenvalue weighted by Gasteiger charge is 2.47. The molecule has 0 aliphatic carbocycles. The van der Waals surface area contributed by atoms with Crippen LogP contribution in [0.15, 0.2) is 60.7 Å². The van der Waals surface area contributed by atoms with Crippen molar-refractivity contribution in [2.24, 2.45) is 29.1 Å². The van der Waals surface area contributed by atoms with E-state index < -0.39 is 17.4 Å². The summed E-state index contributed by atoms with van der Waals surface area (Å²) in [7, 11) is 1.78. The predicted molar refractivity (Wildman–Crippen MR) is 194 cm³/mol. The molecule has 9 nitrogen and oxygen atoms in total. The molecule has 1 saturated heterocycles. The number of benzene rings is 2. The number of halogens is 1. The molecule has 1 unspecified atom stereocenters. The summed E-state index contributed by atoms with van der Waals surface area (Å²) in [6, 6.07) is 15.5. The summed E-state index contributed by atoms with van der Waals surface area (Å²) in [5.41, 5.74) is 1.96. The van der Waals surface area contributed by atoms with Crippen LogP contribution in [0.3, 0.4) is 0 Å². The molecule has 1 aliphatic heterocycles. The average Bonchev–Trinajstić information content (AvgIpc) is 3.86. The van der Waals surface area contributed by atoms with Crippen molar-refractivity contribution in [3.63, 3.8) is 0 Å². The number of Topliss-reactive ketones (excluding diaryl/α,β-unsaturated/α-hetero) is 1. The number of rotatable bonds is 19. The van der Waals surface area contributed by atoms with Crippen LogP contribution in [-0.2, 0) is 35.1 Å². The molecular formula is C39H54ClN3O6. The van der Waals surface area contributed by atoms with Gasteiger partial charge in [0.1, 0.15) is 18.0 Å². The zero-order valence-corrected chi connectivity index (χ0v) is 30.9. The monoisotopic (exact) mass is 695 g/mol. The lowest BCUT2D eigenvalue weighted by Gasteiger charge is -2.24. The molecule has 2 aromatic carbocycles. The third kappa shape index (κ3) is 12.3. The molecule has 0 bridgehead atoms. The first kappa shape index (κ1) is 39.7. The van der Waals surface area contributed by atoms with E-state index in [9.17, 15) is 19.2 Å². The predicted octanol–water partition coefficient (Wildman–Crippen LogP) is 6.70. The van der Waals surface area contributed by atoms with Gasteiger partial charge in [0.15, 0.2) is 0 Å². The van der Waals surface area contributed by atoms with E-state index in [1.807, 2.05) is 56.3 Å². The van der Waals surface area contributed by atoms with Crippen LogP contribution in [0, 0.1) is 29.1 Å². The van der Waals surface area contributed by atoms with Crippen LogP contribution in [0.5, 0.6) is 0 Å². The van der Waals surface area contributed by atoms with Crippen molar-refractivity contribution in [3.8, 4) is 0 Å². The zero-order valence-electron chi connectivity index (χ0n) is 30.2. The SMILES string of the molecule is CNc1ccc(CC(CNC(=O)/C=C/C[C@H](OC(=O)[C@@H](C)CC(C)C)[C@H](C)[C@@H]2O[C@H]2c2ccccc2)C(=O)NCC(C)(C)C(C)=O)cc1Cl. The standard InChI is InChI=1S/C39H54ClN3O6/c1-24(2)19-25(3)38(47)48-33(26(4)35-36(49-35)29-13-10-9-11-14-29)15-12-16-34(45)42-22-30(37(46)43-23-39(6,7)27(5)44)20-28-17-18-32(41-8)31(40)21-28/h9-14,16-18,21,24-26,30,33,35-36,41H,15,19-20,22-23H2,1-8H3,(H,42,45)(H,43,46)/b16-12+/t25-,26-,30?,33-,35-,36-/m0/s1. The minimum absolute atomic E-state index is 0.0336. The van der Waals surface area contributed by atoms with Gasteiger partial charge in [-0.2, -0.15) is 0 Å². The Morgan fingerprint density at radius 2 is 1.71 bits per heavy atom. The van der Waals surface area contributed by atoms with Gasteiger partial charge in [0.05, 0.1) is 28.6 Å². The first-order valence-corrected chi connectivity index (χ1v) is 17.6. The molecule has 3 rings (SSSR count). The Kier molecular flexibility index (Phi) is 14.9. The summed E-state index contributed by atoms with van der Waals surface area (Å²) in [5.74, 6) is -1.56. The summed E-state index contributed by atoms with van der Waals surface area (Å²) in [6.45, 7) is 13.3. The van der Waals surface area contributed by atoms with Gasteiger partial charge in [0.2, 0.25) is 11.8 Å². The van der Waals surface area contributed by atoms with E-state index in [1.165, 1.54) is 13.0 Å². The fraction of sp³-hybridized carbons (Fsp3) is 0.538. The lowest BCUT2D eigenvalue weighted by atomic mass is 9.88. The topological polar surface area (TPSA) is 126 Å². The summed E-state index contributed by atoms with van der Waals surface area (Å²) < 4.78 is 12.1. The first-order chi connectivity index (χ1) is 23.1. The highest BCUT2D eigenvalue weighted by Crippen LogP contribution is 2.45. The molecule has 3 N–H and O–H groups in total. The Labute approximate surface area is 296 Å². The number of hydrogen-bond donors (Lipinski definition) is 3. The van der Waals surface area contributed by atoms with Crippen LogP contribution in [0.1, 0.15) is 78.5 Å². The van der Waals surface area contributed by atoms with E-state index in [4.69, 9.17) is 21.1 Å². The number of carbonyl (C=O) groups is 4. The second kappa shape index (κ2) is 18.3. The lowest BCUT2D eigenvalue weighted by molar-refractivity contribution is -0.156. The van der Waals surface area contributed by atoms with Crippen LogP contribution < -0.4 is 16.0 Å². The Hall–Kier alpha value is -3.69. The molecule has 2 aromatic rings. The average molecular weight is 696 g/mol. The smallest absolute Gasteiger partial charge is 0.308 e. The van der Waals surface area contributed by atoms with Crippen molar-refractivity contribution in [1.29, 1.82) is 0 Å². The van der Waals surface area contributed by atoms with Crippen molar-refractivity contribution in [1.82, 2.24) is 10.6 Å². The van der Waals surface area contributed by atoms with Gasteiger partial charge in [-0.05, 0) is 55.0 Å². The molecule has 0 radical (unpaired) electrons. The Morgan fingerprint density at radius 1 is 1.02 bits per heavy atom. The van der Waals surface area contributed by atoms with Crippen LogP contribution in [0.2, 0.25) is 5.02 Å². The quantitative estimate of drug-likeness (QED) is 0.0848. The molecule has 49 heavy (non-hydrogen) atoms. The van der Waals surface area contributed by atoms with Gasteiger partial charge in [0, 0.05) is 37.9 Å². The Balaban J connectivity index is 1.68.